The first kappa shape index (κ1) is 14.5. The van der Waals surface area contributed by atoms with Crippen LogP contribution in [0.25, 0.3) is 0 Å². The molecular formula is C19H19NO2. The highest BCUT2D eigenvalue weighted by atomic mass is 16.1. The molecule has 3 nitrogen and oxygen atoms in total. The van der Waals surface area contributed by atoms with Gasteiger partial charge in [-0.05, 0) is 18.9 Å². The lowest BCUT2D eigenvalue weighted by Crippen LogP contribution is -2.25. The zero-order valence-electron chi connectivity index (χ0n) is 12.8. The summed E-state index contributed by atoms with van der Waals surface area (Å²) in [6.45, 7) is 4.22. The number of nitrogens with one attached hydrogen (secondary N) is 1. The Hall–Kier alpha value is -2.42. The zero-order valence-corrected chi connectivity index (χ0v) is 12.8. The minimum absolute atomic E-state index is 0.0701. The molecule has 0 amide bonds. The van der Waals surface area contributed by atoms with Crippen molar-refractivity contribution >= 4 is 17.3 Å². The van der Waals surface area contributed by atoms with Gasteiger partial charge in [-0.15, -0.1) is 0 Å². The van der Waals surface area contributed by atoms with Gasteiger partial charge in [0.1, 0.15) is 0 Å². The first-order chi connectivity index (χ1) is 10.7. The fraction of sp³-hybridized carbons (Fsp3) is 0.263. The molecule has 1 aliphatic rings. The average molecular weight is 293 g/mol. The highest BCUT2D eigenvalue weighted by molar-refractivity contribution is 6.30. The number of anilines is 1. The summed E-state index contributed by atoms with van der Waals surface area (Å²) >= 11 is 0. The Balaban J connectivity index is 2.13. The standard InChI is InChI=1S/C19H19NO2/c1-3-12(4-2)20-16-11-7-10-15-17(16)19(22)14-9-6-5-8-13(14)18(15)21/h5-12,20H,3-4H2,1-2H3. The lowest BCUT2D eigenvalue weighted by Gasteiger charge is -2.23. The molecule has 0 aromatic heterocycles. The Morgan fingerprint density at radius 2 is 1.41 bits per heavy atom. The smallest absolute Gasteiger partial charge is 0.196 e. The largest absolute Gasteiger partial charge is 0.382 e. The van der Waals surface area contributed by atoms with Gasteiger partial charge in [-0.2, -0.15) is 0 Å². The minimum atomic E-state index is -0.0709. The van der Waals surface area contributed by atoms with Crippen molar-refractivity contribution < 1.29 is 9.59 Å². The highest BCUT2D eigenvalue weighted by Gasteiger charge is 2.31. The fourth-order valence-electron chi connectivity index (χ4n) is 2.98. The highest BCUT2D eigenvalue weighted by Crippen LogP contribution is 2.32. The minimum Gasteiger partial charge on any atom is -0.382 e. The van der Waals surface area contributed by atoms with Crippen LogP contribution in [-0.4, -0.2) is 17.6 Å². The van der Waals surface area contributed by atoms with Gasteiger partial charge < -0.3 is 5.32 Å². The number of hydrogen-bond acceptors (Lipinski definition) is 3. The van der Waals surface area contributed by atoms with E-state index >= 15 is 0 Å². The Labute approximate surface area is 130 Å². The predicted octanol–water partition coefficient (Wildman–Crippen LogP) is 4.06. The second-order valence-electron chi connectivity index (χ2n) is 5.59. The van der Waals surface area contributed by atoms with Crippen molar-refractivity contribution in [2.24, 2.45) is 0 Å². The van der Waals surface area contributed by atoms with E-state index in [1.165, 1.54) is 0 Å². The number of fused-ring (bicyclic) bond motifs is 2. The lowest BCUT2D eigenvalue weighted by molar-refractivity contribution is 0.0979. The van der Waals surface area contributed by atoms with Crippen LogP contribution in [0.1, 0.15) is 58.5 Å². The Morgan fingerprint density at radius 3 is 2.05 bits per heavy atom. The van der Waals surface area contributed by atoms with Gasteiger partial charge in [-0.3, -0.25) is 9.59 Å². The van der Waals surface area contributed by atoms with Crippen molar-refractivity contribution in [3.8, 4) is 0 Å². The fourth-order valence-corrected chi connectivity index (χ4v) is 2.98. The maximum Gasteiger partial charge on any atom is 0.196 e. The predicted molar refractivity (Wildman–Crippen MR) is 87.7 cm³/mol. The van der Waals surface area contributed by atoms with E-state index in [1.807, 2.05) is 12.1 Å². The van der Waals surface area contributed by atoms with E-state index in [4.69, 9.17) is 0 Å². The molecule has 0 heterocycles. The van der Waals surface area contributed by atoms with Crippen LogP contribution in [-0.2, 0) is 0 Å². The summed E-state index contributed by atoms with van der Waals surface area (Å²) < 4.78 is 0. The van der Waals surface area contributed by atoms with Crippen LogP contribution in [0.5, 0.6) is 0 Å². The number of ketones is 2. The van der Waals surface area contributed by atoms with Crippen LogP contribution in [0.15, 0.2) is 42.5 Å². The Kier molecular flexibility index (Phi) is 3.80. The van der Waals surface area contributed by atoms with Crippen LogP contribution in [0, 0.1) is 0 Å². The molecule has 22 heavy (non-hydrogen) atoms. The van der Waals surface area contributed by atoms with Crippen LogP contribution >= 0.6 is 0 Å². The van der Waals surface area contributed by atoms with Gasteiger partial charge >= 0.3 is 0 Å². The van der Waals surface area contributed by atoms with Crippen molar-refractivity contribution in [1.29, 1.82) is 0 Å². The zero-order chi connectivity index (χ0) is 15.7. The third-order valence-electron chi connectivity index (χ3n) is 4.30. The van der Waals surface area contributed by atoms with Gasteiger partial charge in [0.05, 0.1) is 5.56 Å². The van der Waals surface area contributed by atoms with Gasteiger partial charge in [-0.1, -0.05) is 50.2 Å². The maximum atomic E-state index is 12.8. The van der Waals surface area contributed by atoms with Crippen molar-refractivity contribution in [1.82, 2.24) is 0 Å². The molecular weight excluding hydrogens is 274 g/mol. The SMILES string of the molecule is CCC(CC)Nc1cccc2c1C(=O)c1ccccc1C2=O. The van der Waals surface area contributed by atoms with Crippen LogP contribution in [0.3, 0.4) is 0 Å². The van der Waals surface area contributed by atoms with Gasteiger partial charge in [0.15, 0.2) is 11.6 Å². The van der Waals surface area contributed by atoms with Gasteiger partial charge in [0.25, 0.3) is 0 Å². The molecule has 0 unspecified atom stereocenters. The number of rotatable bonds is 4. The molecule has 1 aliphatic carbocycles. The molecule has 2 aromatic carbocycles. The molecule has 0 saturated carbocycles. The van der Waals surface area contributed by atoms with E-state index in [0.717, 1.165) is 18.5 Å². The first-order valence-electron chi connectivity index (χ1n) is 7.75. The summed E-state index contributed by atoms with van der Waals surface area (Å²) in [7, 11) is 0. The van der Waals surface area contributed by atoms with E-state index < -0.39 is 0 Å². The molecule has 2 aromatic rings. The molecule has 3 heteroatoms. The average Bonchev–Trinajstić information content (AvgIpc) is 2.57. The number of carbonyl (C=O) groups is 2. The van der Waals surface area contributed by atoms with Crippen LogP contribution in [0.2, 0.25) is 0 Å². The van der Waals surface area contributed by atoms with Crippen molar-refractivity contribution in [3.05, 3.63) is 64.7 Å². The molecule has 0 aliphatic heterocycles. The number of hydrogen-bond donors (Lipinski definition) is 1. The van der Waals surface area contributed by atoms with Crippen molar-refractivity contribution in [3.63, 3.8) is 0 Å². The summed E-state index contributed by atoms with van der Waals surface area (Å²) in [5.41, 5.74) is 2.77. The van der Waals surface area contributed by atoms with Gasteiger partial charge in [-0.25, -0.2) is 0 Å². The van der Waals surface area contributed by atoms with Crippen LogP contribution < -0.4 is 5.32 Å². The third-order valence-corrected chi connectivity index (χ3v) is 4.30. The summed E-state index contributed by atoms with van der Waals surface area (Å²) in [6, 6.07) is 12.8. The normalized spacial score (nSPS) is 13.0. The summed E-state index contributed by atoms with van der Waals surface area (Å²) in [4.78, 5) is 25.5. The molecule has 1 N–H and O–H groups in total. The van der Waals surface area contributed by atoms with E-state index in [0.29, 0.717) is 28.3 Å². The number of benzene rings is 2. The van der Waals surface area contributed by atoms with Gasteiger partial charge in [0.2, 0.25) is 0 Å². The molecule has 112 valence electrons. The quantitative estimate of drug-likeness (QED) is 0.789. The van der Waals surface area contributed by atoms with Crippen molar-refractivity contribution in [2.75, 3.05) is 5.32 Å². The van der Waals surface area contributed by atoms with Crippen LogP contribution in [0.4, 0.5) is 5.69 Å². The maximum absolute atomic E-state index is 12.8. The first-order valence-corrected chi connectivity index (χ1v) is 7.75. The van der Waals surface area contributed by atoms with E-state index in [1.54, 1.807) is 30.3 Å². The van der Waals surface area contributed by atoms with E-state index in [2.05, 4.69) is 19.2 Å². The molecule has 0 bridgehead atoms. The lowest BCUT2D eigenvalue weighted by atomic mass is 9.83. The molecule has 0 spiro atoms. The number of carbonyl (C=O) groups excluding carboxylic acids is 2. The summed E-state index contributed by atoms with van der Waals surface area (Å²) in [5, 5.41) is 3.42. The third kappa shape index (κ3) is 2.23. The molecule has 0 atom stereocenters. The van der Waals surface area contributed by atoms with Gasteiger partial charge in [0, 0.05) is 28.4 Å². The Morgan fingerprint density at radius 1 is 0.818 bits per heavy atom. The summed E-state index contributed by atoms with van der Waals surface area (Å²) in [6.07, 6.45) is 1.94. The van der Waals surface area contributed by atoms with E-state index in [9.17, 15) is 9.59 Å². The second-order valence-corrected chi connectivity index (χ2v) is 5.59. The topological polar surface area (TPSA) is 46.2 Å². The van der Waals surface area contributed by atoms with E-state index in [-0.39, 0.29) is 11.6 Å². The molecule has 3 rings (SSSR count). The molecule has 0 saturated heterocycles. The summed E-state index contributed by atoms with van der Waals surface area (Å²) in [5.74, 6) is -0.141. The molecule has 0 radical (unpaired) electrons. The Bertz CT molecular complexity index is 745. The monoisotopic (exact) mass is 293 g/mol. The second kappa shape index (κ2) is 5.76. The van der Waals surface area contributed by atoms with Crippen molar-refractivity contribution in [2.45, 2.75) is 32.7 Å². The molecule has 0 fully saturated rings.